The van der Waals surface area contributed by atoms with Gasteiger partial charge in [-0.15, -0.1) is 0 Å². The largest absolute Gasteiger partial charge is 0.452 e. The van der Waals surface area contributed by atoms with Crippen molar-refractivity contribution >= 4 is 29.2 Å². The topological polar surface area (TPSA) is 84.5 Å². The summed E-state index contributed by atoms with van der Waals surface area (Å²) < 4.78 is 5.15. The predicted octanol–water partition coefficient (Wildman–Crippen LogP) is 2.17. The summed E-state index contributed by atoms with van der Waals surface area (Å²) >= 11 is 0. The SMILES string of the molecule is CC(=O)Nc1ccc(NC(=O)[C@H](C)OC(=O)[C@@H]2C[C@@H]2C)cc1. The summed E-state index contributed by atoms with van der Waals surface area (Å²) in [5.74, 6) is -0.562. The average molecular weight is 304 g/mol. The molecule has 0 bridgehead atoms. The lowest BCUT2D eigenvalue weighted by atomic mass is 10.2. The molecule has 1 saturated carbocycles. The van der Waals surface area contributed by atoms with Gasteiger partial charge in [0.1, 0.15) is 0 Å². The molecule has 0 radical (unpaired) electrons. The lowest BCUT2D eigenvalue weighted by molar-refractivity contribution is -0.154. The van der Waals surface area contributed by atoms with Gasteiger partial charge in [-0.25, -0.2) is 0 Å². The standard InChI is InChI=1S/C16H20N2O4/c1-9-8-14(9)16(21)22-10(2)15(20)18-13-6-4-12(5-7-13)17-11(3)19/h4-7,9-10,14H,8H2,1-3H3,(H,17,19)(H,18,20)/t9-,10-,14+/m0/s1. The molecule has 22 heavy (non-hydrogen) atoms. The fourth-order valence-corrected chi connectivity index (χ4v) is 2.05. The van der Waals surface area contributed by atoms with E-state index < -0.39 is 6.10 Å². The van der Waals surface area contributed by atoms with Crippen molar-refractivity contribution in [3.63, 3.8) is 0 Å². The maximum atomic E-state index is 12.0. The van der Waals surface area contributed by atoms with Gasteiger partial charge in [0.15, 0.2) is 6.10 Å². The van der Waals surface area contributed by atoms with Gasteiger partial charge in [0.05, 0.1) is 5.92 Å². The zero-order valence-corrected chi connectivity index (χ0v) is 12.9. The number of esters is 1. The van der Waals surface area contributed by atoms with Crippen LogP contribution in [0.5, 0.6) is 0 Å². The number of carbonyl (C=O) groups excluding carboxylic acids is 3. The Morgan fingerprint density at radius 1 is 1.14 bits per heavy atom. The van der Waals surface area contributed by atoms with E-state index in [1.54, 1.807) is 31.2 Å². The molecule has 0 aliphatic heterocycles. The molecule has 0 unspecified atom stereocenters. The fourth-order valence-electron chi connectivity index (χ4n) is 2.05. The molecule has 2 amide bonds. The highest BCUT2D eigenvalue weighted by Crippen LogP contribution is 2.38. The molecule has 0 aromatic heterocycles. The molecule has 0 saturated heterocycles. The van der Waals surface area contributed by atoms with Crippen LogP contribution in [0.2, 0.25) is 0 Å². The minimum absolute atomic E-state index is 0.0628. The number of rotatable bonds is 5. The molecule has 1 aromatic carbocycles. The van der Waals surface area contributed by atoms with E-state index >= 15 is 0 Å². The maximum absolute atomic E-state index is 12.0. The summed E-state index contributed by atoms with van der Waals surface area (Å²) in [6.45, 7) is 4.95. The zero-order chi connectivity index (χ0) is 16.3. The molecular weight excluding hydrogens is 284 g/mol. The molecule has 0 heterocycles. The van der Waals surface area contributed by atoms with Crippen LogP contribution in [0, 0.1) is 11.8 Å². The van der Waals surface area contributed by atoms with Crippen LogP contribution in [0.4, 0.5) is 11.4 Å². The fraction of sp³-hybridized carbons (Fsp3) is 0.438. The first-order valence-electron chi connectivity index (χ1n) is 7.26. The van der Waals surface area contributed by atoms with Gasteiger partial charge in [-0.1, -0.05) is 6.92 Å². The second-order valence-electron chi connectivity index (χ2n) is 5.65. The van der Waals surface area contributed by atoms with Gasteiger partial charge in [0.25, 0.3) is 5.91 Å². The molecule has 0 spiro atoms. The van der Waals surface area contributed by atoms with Crippen LogP contribution in [0.15, 0.2) is 24.3 Å². The second-order valence-corrected chi connectivity index (χ2v) is 5.65. The number of nitrogens with one attached hydrogen (secondary N) is 2. The predicted molar refractivity (Wildman–Crippen MR) is 82.2 cm³/mol. The smallest absolute Gasteiger partial charge is 0.309 e. The minimum atomic E-state index is -0.838. The Balaban J connectivity index is 1.85. The molecule has 6 heteroatoms. The quantitative estimate of drug-likeness (QED) is 0.817. The van der Waals surface area contributed by atoms with Crippen molar-refractivity contribution in [1.29, 1.82) is 0 Å². The molecule has 1 aromatic rings. The van der Waals surface area contributed by atoms with Gasteiger partial charge in [0, 0.05) is 18.3 Å². The van der Waals surface area contributed by atoms with E-state index in [4.69, 9.17) is 4.74 Å². The van der Waals surface area contributed by atoms with E-state index in [0.717, 1.165) is 6.42 Å². The van der Waals surface area contributed by atoms with E-state index in [1.807, 2.05) is 6.92 Å². The van der Waals surface area contributed by atoms with Crippen molar-refractivity contribution < 1.29 is 19.1 Å². The molecule has 1 aliphatic rings. The van der Waals surface area contributed by atoms with Crippen molar-refractivity contribution in [2.75, 3.05) is 10.6 Å². The molecule has 1 aliphatic carbocycles. The number of ether oxygens (including phenoxy) is 1. The maximum Gasteiger partial charge on any atom is 0.309 e. The highest BCUT2D eigenvalue weighted by Gasteiger charge is 2.41. The number of hydrogen-bond acceptors (Lipinski definition) is 4. The van der Waals surface area contributed by atoms with Gasteiger partial charge in [-0.3, -0.25) is 14.4 Å². The monoisotopic (exact) mass is 304 g/mol. The Bertz CT molecular complexity index is 582. The third-order valence-corrected chi connectivity index (χ3v) is 3.55. The summed E-state index contributed by atoms with van der Waals surface area (Å²) in [5, 5.41) is 5.31. The van der Waals surface area contributed by atoms with Gasteiger partial charge in [-0.05, 0) is 43.5 Å². The van der Waals surface area contributed by atoms with Crippen LogP contribution in [0.3, 0.4) is 0 Å². The molecule has 3 atom stereocenters. The minimum Gasteiger partial charge on any atom is -0.452 e. The van der Waals surface area contributed by atoms with Crippen molar-refractivity contribution in [3.8, 4) is 0 Å². The average Bonchev–Trinajstić information content (AvgIpc) is 3.17. The zero-order valence-electron chi connectivity index (χ0n) is 12.9. The first-order chi connectivity index (χ1) is 10.4. The summed E-state index contributed by atoms with van der Waals surface area (Å²) in [7, 11) is 0. The van der Waals surface area contributed by atoms with E-state index in [1.165, 1.54) is 6.92 Å². The summed E-state index contributed by atoms with van der Waals surface area (Å²) in [4.78, 5) is 34.6. The van der Waals surface area contributed by atoms with Crippen LogP contribution < -0.4 is 10.6 Å². The third-order valence-electron chi connectivity index (χ3n) is 3.55. The number of carbonyl (C=O) groups is 3. The van der Waals surface area contributed by atoms with Crippen LogP contribution in [0.25, 0.3) is 0 Å². The summed E-state index contributed by atoms with van der Waals surface area (Å²) in [6.07, 6.45) is -0.00653. The Morgan fingerprint density at radius 3 is 2.09 bits per heavy atom. The van der Waals surface area contributed by atoms with Crippen LogP contribution in [-0.2, 0) is 19.1 Å². The molecule has 2 N–H and O–H groups in total. The lowest BCUT2D eigenvalue weighted by Crippen LogP contribution is -2.30. The van der Waals surface area contributed by atoms with Gasteiger partial charge in [-0.2, -0.15) is 0 Å². The second kappa shape index (κ2) is 6.60. The van der Waals surface area contributed by atoms with E-state index in [0.29, 0.717) is 17.3 Å². The van der Waals surface area contributed by atoms with Crippen molar-refractivity contribution in [2.45, 2.75) is 33.3 Å². The molecular formula is C16H20N2O4. The number of hydrogen-bond donors (Lipinski definition) is 2. The van der Waals surface area contributed by atoms with E-state index in [9.17, 15) is 14.4 Å². The third kappa shape index (κ3) is 4.31. The Hall–Kier alpha value is -2.37. The first kappa shape index (κ1) is 16.0. The summed E-state index contributed by atoms with van der Waals surface area (Å²) in [6, 6.07) is 6.69. The Morgan fingerprint density at radius 2 is 1.64 bits per heavy atom. The Kier molecular flexibility index (Phi) is 4.80. The van der Waals surface area contributed by atoms with Crippen molar-refractivity contribution in [2.24, 2.45) is 11.8 Å². The highest BCUT2D eigenvalue weighted by molar-refractivity contribution is 5.95. The van der Waals surface area contributed by atoms with E-state index in [-0.39, 0.29) is 23.7 Å². The lowest BCUT2D eigenvalue weighted by Gasteiger charge is -2.13. The molecule has 118 valence electrons. The van der Waals surface area contributed by atoms with E-state index in [2.05, 4.69) is 10.6 Å². The van der Waals surface area contributed by atoms with Crippen LogP contribution >= 0.6 is 0 Å². The number of amides is 2. The number of benzene rings is 1. The normalized spacial score (nSPS) is 20.7. The van der Waals surface area contributed by atoms with Crippen molar-refractivity contribution in [3.05, 3.63) is 24.3 Å². The van der Waals surface area contributed by atoms with Crippen LogP contribution in [0.1, 0.15) is 27.2 Å². The first-order valence-corrected chi connectivity index (χ1v) is 7.26. The summed E-state index contributed by atoms with van der Waals surface area (Å²) in [5.41, 5.74) is 1.22. The van der Waals surface area contributed by atoms with Crippen molar-refractivity contribution in [1.82, 2.24) is 0 Å². The number of anilines is 2. The molecule has 2 rings (SSSR count). The van der Waals surface area contributed by atoms with Gasteiger partial charge in [0.2, 0.25) is 5.91 Å². The highest BCUT2D eigenvalue weighted by atomic mass is 16.5. The van der Waals surface area contributed by atoms with Gasteiger partial charge < -0.3 is 15.4 Å². The van der Waals surface area contributed by atoms with Crippen LogP contribution in [-0.4, -0.2) is 23.9 Å². The van der Waals surface area contributed by atoms with Gasteiger partial charge >= 0.3 is 5.97 Å². The molecule has 1 fully saturated rings. The molecule has 6 nitrogen and oxygen atoms in total. The Labute approximate surface area is 129 Å².